The molecule has 0 N–H and O–H groups in total. The summed E-state index contributed by atoms with van der Waals surface area (Å²) in [7, 11) is -2.87. The number of aryl methyl sites for hydroxylation is 1. The van der Waals surface area contributed by atoms with Crippen molar-refractivity contribution in [3.05, 3.63) is 35.4 Å². The maximum Gasteiger partial charge on any atom is 0.148 e. The van der Waals surface area contributed by atoms with Crippen molar-refractivity contribution in [3.63, 3.8) is 0 Å². The Labute approximate surface area is 116 Å². The predicted octanol–water partition coefficient (Wildman–Crippen LogP) is 2.22. The van der Waals surface area contributed by atoms with Gasteiger partial charge in [-0.15, -0.1) is 0 Å². The molecule has 106 valence electrons. The minimum Gasteiger partial charge on any atom is -0.299 e. The van der Waals surface area contributed by atoms with Gasteiger partial charge in [-0.2, -0.15) is 0 Å². The Kier molecular flexibility index (Phi) is 4.31. The third kappa shape index (κ3) is 3.80. The summed E-state index contributed by atoms with van der Waals surface area (Å²) >= 11 is 0. The van der Waals surface area contributed by atoms with Crippen molar-refractivity contribution < 1.29 is 8.42 Å². The van der Waals surface area contributed by atoms with Gasteiger partial charge in [0.1, 0.15) is 9.84 Å². The summed E-state index contributed by atoms with van der Waals surface area (Å²) in [6.07, 6.45) is 2.43. The molecule has 0 amide bonds. The summed E-state index contributed by atoms with van der Waals surface area (Å²) in [6, 6.07) is 8.97. The van der Waals surface area contributed by atoms with Crippen LogP contribution in [0.25, 0.3) is 0 Å². The van der Waals surface area contributed by atoms with Gasteiger partial charge in [0.05, 0.1) is 5.75 Å². The number of sulfone groups is 1. The molecule has 0 saturated carbocycles. The van der Waals surface area contributed by atoms with E-state index in [9.17, 15) is 8.42 Å². The third-order valence-electron chi connectivity index (χ3n) is 4.08. The Hall–Kier alpha value is -0.870. The third-order valence-corrected chi connectivity index (χ3v) is 5.01. The van der Waals surface area contributed by atoms with Crippen LogP contribution in [0.15, 0.2) is 24.3 Å². The molecule has 1 aromatic carbocycles. The summed E-state index contributed by atoms with van der Waals surface area (Å²) in [6.45, 7) is 5.98. The fraction of sp³-hybridized carbons (Fsp3) is 0.600. The second-order valence-corrected chi connectivity index (χ2v) is 8.02. The molecule has 1 saturated heterocycles. The zero-order valence-corrected chi connectivity index (χ0v) is 12.8. The van der Waals surface area contributed by atoms with Gasteiger partial charge in [-0.05, 0) is 37.3 Å². The van der Waals surface area contributed by atoms with Crippen molar-refractivity contribution in [2.24, 2.45) is 0 Å². The van der Waals surface area contributed by atoms with Crippen LogP contribution in [-0.2, 0) is 9.84 Å². The molecule has 1 heterocycles. The minimum atomic E-state index is -2.87. The van der Waals surface area contributed by atoms with Crippen LogP contribution in [0.5, 0.6) is 0 Å². The molecule has 19 heavy (non-hydrogen) atoms. The quantitative estimate of drug-likeness (QED) is 0.849. The lowest BCUT2D eigenvalue weighted by Gasteiger charge is -2.20. The molecule has 1 aliphatic rings. The van der Waals surface area contributed by atoms with Gasteiger partial charge >= 0.3 is 0 Å². The Morgan fingerprint density at radius 3 is 2.63 bits per heavy atom. The van der Waals surface area contributed by atoms with Gasteiger partial charge < -0.3 is 0 Å². The first-order chi connectivity index (χ1) is 8.87. The van der Waals surface area contributed by atoms with Gasteiger partial charge in [0.15, 0.2) is 0 Å². The Morgan fingerprint density at radius 1 is 1.32 bits per heavy atom. The molecule has 4 heteroatoms. The molecule has 0 aromatic heterocycles. The Morgan fingerprint density at radius 2 is 2.00 bits per heavy atom. The predicted molar refractivity (Wildman–Crippen MR) is 79.3 cm³/mol. The van der Waals surface area contributed by atoms with E-state index < -0.39 is 9.84 Å². The Bertz CT molecular complexity index is 539. The van der Waals surface area contributed by atoms with Gasteiger partial charge in [0.25, 0.3) is 0 Å². The van der Waals surface area contributed by atoms with E-state index >= 15 is 0 Å². The maximum absolute atomic E-state index is 11.3. The van der Waals surface area contributed by atoms with Crippen molar-refractivity contribution in [1.29, 1.82) is 0 Å². The molecule has 1 aliphatic heterocycles. The van der Waals surface area contributed by atoms with Gasteiger partial charge in [0, 0.05) is 25.4 Å². The van der Waals surface area contributed by atoms with E-state index in [0.29, 0.717) is 18.5 Å². The second-order valence-electron chi connectivity index (χ2n) is 5.76. The Balaban J connectivity index is 2.03. The van der Waals surface area contributed by atoms with Crippen LogP contribution in [0, 0.1) is 6.92 Å². The fourth-order valence-electron chi connectivity index (χ4n) is 2.96. The molecule has 3 nitrogen and oxygen atoms in total. The first-order valence-electron chi connectivity index (χ1n) is 6.84. The molecule has 0 unspecified atom stereocenters. The standard InChI is InChI=1S/C15H23NO2S/c1-12-6-4-5-7-15(12)14-10-13(2)16(11-14)8-9-19(3,17)18/h4-7,13-14H,8-11H2,1-3H3/t13-,14+/m1/s1. The molecular weight excluding hydrogens is 258 g/mol. The first-order valence-corrected chi connectivity index (χ1v) is 8.90. The van der Waals surface area contributed by atoms with Crippen molar-refractivity contribution in [2.75, 3.05) is 25.1 Å². The minimum absolute atomic E-state index is 0.262. The average Bonchev–Trinajstić information content (AvgIpc) is 2.68. The highest BCUT2D eigenvalue weighted by molar-refractivity contribution is 7.90. The zero-order valence-electron chi connectivity index (χ0n) is 12.0. The molecule has 1 fully saturated rings. The van der Waals surface area contributed by atoms with Crippen LogP contribution in [0.4, 0.5) is 0 Å². The topological polar surface area (TPSA) is 37.4 Å². The summed E-state index contributed by atoms with van der Waals surface area (Å²) in [5.41, 5.74) is 2.75. The number of benzene rings is 1. The highest BCUT2D eigenvalue weighted by Gasteiger charge is 2.30. The van der Waals surface area contributed by atoms with Crippen molar-refractivity contribution in [1.82, 2.24) is 4.90 Å². The maximum atomic E-state index is 11.3. The van der Waals surface area contributed by atoms with Gasteiger partial charge in [-0.3, -0.25) is 4.90 Å². The van der Waals surface area contributed by atoms with Crippen LogP contribution in [-0.4, -0.2) is 44.5 Å². The number of hydrogen-bond donors (Lipinski definition) is 0. The SMILES string of the molecule is Cc1ccccc1[C@H]1C[C@@H](C)N(CCS(C)(=O)=O)C1. The lowest BCUT2D eigenvalue weighted by Crippen LogP contribution is -2.32. The smallest absolute Gasteiger partial charge is 0.148 e. The monoisotopic (exact) mass is 281 g/mol. The lowest BCUT2D eigenvalue weighted by molar-refractivity contribution is 0.283. The summed E-state index contributed by atoms with van der Waals surface area (Å²) in [5.74, 6) is 0.799. The number of hydrogen-bond acceptors (Lipinski definition) is 3. The van der Waals surface area contributed by atoms with Crippen LogP contribution < -0.4 is 0 Å². The number of rotatable bonds is 4. The molecule has 1 aromatic rings. The molecule has 2 rings (SSSR count). The first kappa shape index (κ1) is 14.5. The lowest BCUT2D eigenvalue weighted by atomic mass is 9.93. The molecule has 2 atom stereocenters. The van der Waals surface area contributed by atoms with Crippen molar-refractivity contribution in [2.45, 2.75) is 32.2 Å². The number of nitrogens with zero attached hydrogens (tertiary/aromatic N) is 1. The summed E-state index contributed by atoms with van der Waals surface area (Å²) in [5, 5.41) is 0. The molecule has 0 radical (unpaired) electrons. The van der Waals surface area contributed by atoms with E-state index in [1.807, 2.05) is 0 Å². The van der Waals surface area contributed by atoms with E-state index in [1.54, 1.807) is 0 Å². The van der Waals surface area contributed by atoms with E-state index in [-0.39, 0.29) is 5.75 Å². The van der Waals surface area contributed by atoms with E-state index in [4.69, 9.17) is 0 Å². The van der Waals surface area contributed by atoms with E-state index in [2.05, 4.69) is 43.0 Å². The van der Waals surface area contributed by atoms with Crippen LogP contribution >= 0.6 is 0 Å². The summed E-state index contributed by atoms with van der Waals surface area (Å²) < 4.78 is 22.5. The molecule has 0 spiro atoms. The van der Waals surface area contributed by atoms with Gasteiger partial charge in [-0.1, -0.05) is 24.3 Å². The van der Waals surface area contributed by atoms with Gasteiger partial charge in [0.2, 0.25) is 0 Å². The van der Waals surface area contributed by atoms with Crippen LogP contribution in [0.3, 0.4) is 0 Å². The average molecular weight is 281 g/mol. The van der Waals surface area contributed by atoms with Crippen molar-refractivity contribution >= 4 is 9.84 Å². The van der Waals surface area contributed by atoms with E-state index in [0.717, 1.165) is 13.0 Å². The zero-order chi connectivity index (χ0) is 14.0. The van der Waals surface area contributed by atoms with Crippen LogP contribution in [0.1, 0.15) is 30.4 Å². The van der Waals surface area contributed by atoms with Gasteiger partial charge in [-0.25, -0.2) is 8.42 Å². The highest BCUT2D eigenvalue weighted by atomic mass is 32.2. The van der Waals surface area contributed by atoms with E-state index in [1.165, 1.54) is 17.4 Å². The van der Waals surface area contributed by atoms with Crippen LogP contribution in [0.2, 0.25) is 0 Å². The second kappa shape index (κ2) is 5.63. The van der Waals surface area contributed by atoms with Crippen molar-refractivity contribution in [3.8, 4) is 0 Å². The summed E-state index contributed by atoms with van der Waals surface area (Å²) in [4.78, 5) is 2.30. The molecular formula is C15H23NO2S. The number of likely N-dealkylation sites (tertiary alicyclic amines) is 1. The molecule has 0 bridgehead atoms. The highest BCUT2D eigenvalue weighted by Crippen LogP contribution is 2.32. The largest absolute Gasteiger partial charge is 0.299 e. The molecule has 0 aliphatic carbocycles. The fourth-order valence-corrected chi connectivity index (χ4v) is 3.53. The normalized spacial score (nSPS) is 24.8.